The lowest BCUT2D eigenvalue weighted by molar-refractivity contribution is -0.150. The first-order chi connectivity index (χ1) is 6.69. The second-order valence-corrected chi connectivity index (χ2v) is 3.85. The normalized spacial score (nSPS) is 19.6. The fraction of sp³-hybridized carbons (Fsp3) is 0.900. The first-order valence-electron chi connectivity index (χ1n) is 5.14. The van der Waals surface area contributed by atoms with Crippen molar-refractivity contribution in [2.45, 2.75) is 37.6 Å². The zero-order valence-electron chi connectivity index (χ0n) is 8.75. The zero-order valence-corrected chi connectivity index (χ0v) is 8.75. The Morgan fingerprint density at radius 2 is 2.00 bits per heavy atom. The van der Waals surface area contributed by atoms with Crippen molar-refractivity contribution in [3.8, 4) is 0 Å². The Morgan fingerprint density at radius 1 is 1.36 bits per heavy atom. The summed E-state index contributed by atoms with van der Waals surface area (Å²) in [6.45, 7) is 1.02. The summed E-state index contributed by atoms with van der Waals surface area (Å²) in [5.74, 6) is -0.244. The molecule has 0 spiro atoms. The van der Waals surface area contributed by atoms with E-state index in [-0.39, 0.29) is 5.97 Å². The first-order valence-corrected chi connectivity index (χ1v) is 5.14. The van der Waals surface area contributed by atoms with Gasteiger partial charge in [-0.3, -0.25) is 4.79 Å². The molecule has 1 rings (SSSR count). The number of hydrogen-bond donors (Lipinski definition) is 1. The van der Waals surface area contributed by atoms with Crippen molar-refractivity contribution in [2.75, 3.05) is 20.3 Å². The molecule has 0 bridgehead atoms. The lowest BCUT2D eigenvalue weighted by Crippen LogP contribution is -2.46. The maximum Gasteiger partial charge on any atom is 0.326 e. The molecule has 0 aromatic heterocycles. The molecule has 0 unspecified atom stereocenters. The lowest BCUT2D eigenvalue weighted by Gasteiger charge is -2.20. The molecular weight excluding hydrogens is 182 g/mol. The van der Waals surface area contributed by atoms with Crippen molar-refractivity contribution in [2.24, 2.45) is 5.73 Å². The number of rotatable bonds is 5. The smallest absolute Gasteiger partial charge is 0.326 e. The molecule has 2 N–H and O–H groups in total. The minimum atomic E-state index is -0.701. The average molecular weight is 201 g/mol. The van der Waals surface area contributed by atoms with E-state index in [1.807, 2.05) is 0 Å². The number of esters is 1. The van der Waals surface area contributed by atoms with Gasteiger partial charge < -0.3 is 15.2 Å². The molecule has 0 radical (unpaired) electrons. The van der Waals surface area contributed by atoms with Gasteiger partial charge in [-0.15, -0.1) is 0 Å². The Hall–Kier alpha value is -0.610. The molecule has 0 amide bonds. The van der Waals surface area contributed by atoms with Crippen LogP contribution in [0.2, 0.25) is 0 Å². The Bertz CT molecular complexity index is 188. The van der Waals surface area contributed by atoms with Crippen LogP contribution in [0.4, 0.5) is 0 Å². The van der Waals surface area contributed by atoms with E-state index in [9.17, 15) is 4.79 Å². The molecule has 1 saturated carbocycles. The number of hydrogen-bond acceptors (Lipinski definition) is 4. The molecule has 4 nitrogen and oxygen atoms in total. The summed E-state index contributed by atoms with van der Waals surface area (Å²) >= 11 is 0. The van der Waals surface area contributed by atoms with Crippen molar-refractivity contribution < 1.29 is 14.3 Å². The fourth-order valence-corrected chi connectivity index (χ4v) is 1.72. The van der Waals surface area contributed by atoms with Crippen molar-refractivity contribution in [1.82, 2.24) is 0 Å². The number of ether oxygens (including phenoxy) is 2. The van der Waals surface area contributed by atoms with Gasteiger partial charge >= 0.3 is 5.97 Å². The van der Waals surface area contributed by atoms with Gasteiger partial charge in [-0.05, 0) is 12.8 Å². The number of carbonyl (C=O) groups excluding carboxylic acids is 1. The van der Waals surface area contributed by atoms with Gasteiger partial charge in [0.25, 0.3) is 0 Å². The van der Waals surface area contributed by atoms with E-state index in [0.717, 1.165) is 32.1 Å². The summed E-state index contributed by atoms with van der Waals surface area (Å²) < 4.78 is 9.94. The Kier molecular flexibility index (Phi) is 4.35. The topological polar surface area (TPSA) is 61.5 Å². The van der Waals surface area contributed by atoms with Crippen LogP contribution in [-0.4, -0.2) is 31.8 Å². The predicted octanol–water partition coefficient (Wildman–Crippen LogP) is 0.838. The van der Waals surface area contributed by atoms with Crippen LogP contribution < -0.4 is 5.73 Å². The summed E-state index contributed by atoms with van der Waals surface area (Å²) in [5, 5.41) is 0. The Balaban J connectivity index is 2.20. The van der Waals surface area contributed by atoms with Crippen LogP contribution >= 0.6 is 0 Å². The van der Waals surface area contributed by atoms with Crippen LogP contribution in [-0.2, 0) is 14.3 Å². The van der Waals surface area contributed by atoms with Crippen LogP contribution in [0, 0.1) is 0 Å². The molecule has 1 aliphatic rings. The van der Waals surface area contributed by atoms with Gasteiger partial charge in [0.2, 0.25) is 0 Å². The van der Waals surface area contributed by atoms with E-state index in [4.69, 9.17) is 15.2 Å². The van der Waals surface area contributed by atoms with Gasteiger partial charge in [-0.2, -0.15) is 0 Å². The van der Waals surface area contributed by atoms with Crippen LogP contribution in [0.5, 0.6) is 0 Å². The highest BCUT2D eigenvalue weighted by Gasteiger charge is 2.38. The maximum absolute atomic E-state index is 11.5. The average Bonchev–Trinajstić information content (AvgIpc) is 2.61. The van der Waals surface area contributed by atoms with Crippen molar-refractivity contribution >= 4 is 5.97 Å². The summed E-state index contributed by atoms with van der Waals surface area (Å²) in [7, 11) is 1.63. The Morgan fingerprint density at radius 3 is 2.57 bits per heavy atom. The number of carbonyl (C=O) groups is 1. The van der Waals surface area contributed by atoms with Gasteiger partial charge in [0.1, 0.15) is 5.54 Å². The molecule has 1 aliphatic carbocycles. The molecule has 14 heavy (non-hydrogen) atoms. The molecule has 82 valence electrons. The summed E-state index contributed by atoms with van der Waals surface area (Å²) in [6, 6.07) is 0. The van der Waals surface area contributed by atoms with Gasteiger partial charge in [0.05, 0.1) is 6.61 Å². The number of nitrogens with two attached hydrogens (primary N) is 1. The third-order valence-electron chi connectivity index (χ3n) is 2.63. The zero-order chi connectivity index (χ0) is 10.4. The van der Waals surface area contributed by atoms with Crippen molar-refractivity contribution in [3.05, 3.63) is 0 Å². The monoisotopic (exact) mass is 201 g/mol. The van der Waals surface area contributed by atoms with Gasteiger partial charge in [0, 0.05) is 20.1 Å². The quantitative estimate of drug-likeness (QED) is 0.529. The SMILES string of the molecule is COCCCOC(=O)C1(N)CCCC1. The van der Waals surface area contributed by atoms with Crippen LogP contribution in [0.3, 0.4) is 0 Å². The van der Waals surface area contributed by atoms with E-state index in [1.165, 1.54) is 0 Å². The highest BCUT2D eigenvalue weighted by atomic mass is 16.5. The lowest BCUT2D eigenvalue weighted by atomic mass is 10.00. The minimum absolute atomic E-state index is 0.244. The minimum Gasteiger partial charge on any atom is -0.464 e. The maximum atomic E-state index is 11.5. The van der Waals surface area contributed by atoms with E-state index in [2.05, 4.69) is 0 Å². The largest absolute Gasteiger partial charge is 0.464 e. The second kappa shape index (κ2) is 5.32. The second-order valence-electron chi connectivity index (χ2n) is 3.85. The molecule has 0 aliphatic heterocycles. The molecule has 0 aromatic carbocycles. The van der Waals surface area contributed by atoms with E-state index in [0.29, 0.717) is 13.2 Å². The third-order valence-corrected chi connectivity index (χ3v) is 2.63. The molecule has 1 fully saturated rings. The molecule has 0 atom stereocenters. The molecular formula is C10H19NO3. The standard InChI is InChI=1S/C10H19NO3/c1-13-7-4-8-14-9(12)10(11)5-2-3-6-10/h2-8,11H2,1H3. The van der Waals surface area contributed by atoms with Crippen molar-refractivity contribution in [3.63, 3.8) is 0 Å². The molecule has 0 heterocycles. The van der Waals surface area contributed by atoms with Gasteiger partial charge in [-0.25, -0.2) is 0 Å². The summed E-state index contributed by atoms with van der Waals surface area (Å²) in [5.41, 5.74) is 5.21. The van der Waals surface area contributed by atoms with Crippen LogP contribution in [0.25, 0.3) is 0 Å². The van der Waals surface area contributed by atoms with Gasteiger partial charge in [-0.1, -0.05) is 12.8 Å². The molecule has 0 saturated heterocycles. The fourth-order valence-electron chi connectivity index (χ4n) is 1.72. The van der Waals surface area contributed by atoms with E-state index < -0.39 is 5.54 Å². The van der Waals surface area contributed by atoms with Crippen molar-refractivity contribution in [1.29, 1.82) is 0 Å². The molecule has 4 heteroatoms. The highest BCUT2D eigenvalue weighted by molar-refractivity contribution is 5.80. The predicted molar refractivity (Wildman–Crippen MR) is 52.8 cm³/mol. The Labute approximate surface area is 84.7 Å². The highest BCUT2D eigenvalue weighted by Crippen LogP contribution is 2.28. The van der Waals surface area contributed by atoms with Crippen LogP contribution in [0.1, 0.15) is 32.1 Å². The van der Waals surface area contributed by atoms with Crippen LogP contribution in [0.15, 0.2) is 0 Å². The van der Waals surface area contributed by atoms with E-state index >= 15 is 0 Å². The summed E-state index contributed by atoms with van der Waals surface area (Å²) in [6.07, 6.45) is 4.32. The number of methoxy groups -OCH3 is 1. The molecule has 0 aromatic rings. The third kappa shape index (κ3) is 2.96. The van der Waals surface area contributed by atoms with E-state index in [1.54, 1.807) is 7.11 Å². The first kappa shape index (κ1) is 11.5. The van der Waals surface area contributed by atoms with Gasteiger partial charge in [0.15, 0.2) is 0 Å². The summed E-state index contributed by atoms with van der Waals surface area (Å²) in [4.78, 5) is 11.5.